The van der Waals surface area contributed by atoms with Crippen molar-refractivity contribution in [2.75, 3.05) is 43.5 Å². The largest absolute Gasteiger partial charge is 0.497 e. The number of nitrogens with one attached hydrogen (secondary N) is 1. The lowest BCUT2D eigenvalue weighted by atomic mass is 10.0. The second kappa shape index (κ2) is 8.65. The van der Waals surface area contributed by atoms with Crippen molar-refractivity contribution in [3.8, 4) is 5.75 Å². The molecule has 2 aliphatic rings. The SMILES string of the molecule is COc1ccc([C@@H]2CCCN2CC(=O)Nc2ccc(N3CCCC3)cc2)cc1. The average molecular weight is 380 g/mol. The molecule has 2 aromatic carbocycles. The van der Waals surface area contributed by atoms with Crippen molar-refractivity contribution in [3.05, 3.63) is 54.1 Å². The van der Waals surface area contributed by atoms with Crippen LogP contribution in [0.4, 0.5) is 11.4 Å². The maximum atomic E-state index is 12.6. The van der Waals surface area contributed by atoms with Gasteiger partial charge in [0.15, 0.2) is 0 Å². The number of amides is 1. The van der Waals surface area contributed by atoms with E-state index in [0.29, 0.717) is 12.6 Å². The van der Waals surface area contributed by atoms with E-state index in [0.717, 1.165) is 43.9 Å². The third-order valence-corrected chi connectivity index (χ3v) is 5.83. The van der Waals surface area contributed by atoms with Crippen molar-refractivity contribution in [1.29, 1.82) is 0 Å². The van der Waals surface area contributed by atoms with Crippen molar-refractivity contribution < 1.29 is 9.53 Å². The molecular weight excluding hydrogens is 350 g/mol. The molecule has 0 bridgehead atoms. The standard InChI is InChI=1S/C23H29N3O2/c1-28-21-12-6-18(7-13-21)22-5-4-16-26(22)17-23(27)24-19-8-10-20(11-9-19)25-14-2-3-15-25/h6-13,22H,2-5,14-17H2,1H3,(H,24,27)/t22-/m0/s1. The van der Waals surface area contributed by atoms with Crippen LogP contribution in [0.3, 0.4) is 0 Å². The first-order chi connectivity index (χ1) is 13.7. The number of nitrogens with zero attached hydrogens (tertiary/aromatic N) is 2. The Bertz CT molecular complexity index is 782. The molecule has 1 amide bonds. The smallest absolute Gasteiger partial charge is 0.238 e. The van der Waals surface area contributed by atoms with E-state index in [1.165, 1.54) is 24.1 Å². The highest BCUT2D eigenvalue weighted by Crippen LogP contribution is 2.32. The predicted octanol–water partition coefficient (Wildman–Crippen LogP) is 4.07. The number of hydrogen-bond donors (Lipinski definition) is 1. The van der Waals surface area contributed by atoms with Gasteiger partial charge in [-0.1, -0.05) is 12.1 Å². The van der Waals surface area contributed by atoms with Gasteiger partial charge in [0.1, 0.15) is 5.75 Å². The van der Waals surface area contributed by atoms with Crippen LogP contribution in [-0.2, 0) is 4.79 Å². The number of carbonyl (C=O) groups excluding carboxylic acids is 1. The van der Waals surface area contributed by atoms with E-state index in [-0.39, 0.29) is 5.91 Å². The minimum atomic E-state index is 0.0503. The van der Waals surface area contributed by atoms with Crippen molar-refractivity contribution >= 4 is 17.3 Å². The van der Waals surface area contributed by atoms with Crippen LogP contribution in [0.2, 0.25) is 0 Å². The van der Waals surface area contributed by atoms with Gasteiger partial charge in [-0.2, -0.15) is 0 Å². The number of methoxy groups -OCH3 is 1. The van der Waals surface area contributed by atoms with Crippen LogP contribution in [0.5, 0.6) is 5.75 Å². The molecule has 1 atom stereocenters. The maximum absolute atomic E-state index is 12.6. The summed E-state index contributed by atoms with van der Waals surface area (Å²) in [5.41, 5.74) is 3.36. The van der Waals surface area contributed by atoms with Gasteiger partial charge in [0, 0.05) is 30.5 Å². The molecule has 0 aliphatic carbocycles. The quantitative estimate of drug-likeness (QED) is 0.822. The molecule has 0 radical (unpaired) electrons. The van der Waals surface area contributed by atoms with Crippen LogP contribution >= 0.6 is 0 Å². The molecule has 1 N–H and O–H groups in total. The third kappa shape index (κ3) is 4.30. The summed E-state index contributed by atoms with van der Waals surface area (Å²) in [5, 5.41) is 3.06. The summed E-state index contributed by atoms with van der Waals surface area (Å²) in [5.74, 6) is 0.915. The number of hydrogen-bond acceptors (Lipinski definition) is 4. The van der Waals surface area contributed by atoms with Gasteiger partial charge in [-0.05, 0) is 74.2 Å². The Morgan fingerprint density at radius 2 is 1.71 bits per heavy atom. The van der Waals surface area contributed by atoms with Crippen LogP contribution in [0.15, 0.2) is 48.5 Å². The van der Waals surface area contributed by atoms with E-state index in [1.807, 2.05) is 24.3 Å². The van der Waals surface area contributed by atoms with Crippen LogP contribution < -0.4 is 15.0 Å². The summed E-state index contributed by atoms with van der Waals surface area (Å²) in [4.78, 5) is 17.3. The van der Waals surface area contributed by atoms with Crippen LogP contribution in [0.1, 0.15) is 37.3 Å². The number of carbonyl (C=O) groups is 1. The molecule has 0 aromatic heterocycles. The monoisotopic (exact) mass is 379 g/mol. The zero-order valence-corrected chi connectivity index (χ0v) is 16.6. The van der Waals surface area contributed by atoms with E-state index in [1.54, 1.807) is 7.11 Å². The molecule has 28 heavy (non-hydrogen) atoms. The highest BCUT2D eigenvalue weighted by Gasteiger charge is 2.27. The molecule has 4 rings (SSSR count). The van der Waals surface area contributed by atoms with Gasteiger partial charge in [0.25, 0.3) is 0 Å². The van der Waals surface area contributed by atoms with Gasteiger partial charge in [0.05, 0.1) is 13.7 Å². The zero-order chi connectivity index (χ0) is 19.3. The molecule has 0 unspecified atom stereocenters. The van der Waals surface area contributed by atoms with Gasteiger partial charge >= 0.3 is 0 Å². The van der Waals surface area contributed by atoms with Crippen LogP contribution in [-0.4, -0.2) is 44.1 Å². The van der Waals surface area contributed by atoms with Crippen molar-refractivity contribution in [2.45, 2.75) is 31.7 Å². The van der Waals surface area contributed by atoms with E-state index in [9.17, 15) is 4.79 Å². The van der Waals surface area contributed by atoms with Crippen molar-refractivity contribution in [3.63, 3.8) is 0 Å². The normalized spacial score (nSPS) is 19.8. The molecule has 2 aliphatic heterocycles. The molecule has 148 valence electrons. The first-order valence-corrected chi connectivity index (χ1v) is 10.3. The molecular formula is C23H29N3O2. The Labute approximate surface area is 167 Å². The minimum Gasteiger partial charge on any atom is -0.497 e. The second-order valence-corrected chi connectivity index (χ2v) is 7.69. The Kier molecular flexibility index (Phi) is 5.81. The predicted molar refractivity (Wildman–Crippen MR) is 113 cm³/mol. The fraction of sp³-hybridized carbons (Fsp3) is 0.435. The molecule has 0 spiro atoms. The Morgan fingerprint density at radius 1 is 1.00 bits per heavy atom. The first kappa shape index (κ1) is 18.8. The van der Waals surface area contributed by atoms with Gasteiger partial charge < -0.3 is 15.0 Å². The van der Waals surface area contributed by atoms with Gasteiger partial charge in [-0.25, -0.2) is 0 Å². The molecule has 2 fully saturated rings. The van der Waals surface area contributed by atoms with E-state index in [2.05, 4.69) is 39.4 Å². The second-order valence-electron chi connectivity index (χ2n) is 7.69. The summed E-state index contributed by atoms with van der Waals surface area (Å²) in [6, 6.07) is 16.7. The zero-order valence-electron chi connectivity index (χ0n) is 16.6. The molecule has 5 heteroatoms. The highest BCUT2D eigenvalue weighted by atomic mass is 16.5. The summed E-state index contributed by atoms with van der Waals surface area (Å²) in [6.45, 7) is 3.64. The van der Waals surface area contributed by atoms with E-state index < -0.39 is 0 Å². The fourth-order valence-corrected chi connectivity index (χ4v) is 4.33. The fourth-order valence-electron chi connectivity index (χ4n) is 4.33. The van der Waals surface area contributed by atoms with Crippen molar-refractivity contribution in [2.24, 2.45) is 0 Å². The topological polar surface area (TPSA) is 44.8 Å². The summed E-state index contributed by atoms with van der Waals surface area (Å²) < 4.78 is 5.25. The summed E-state index contributed by atoms with van der Waals surface area (Å²) in [7, 11) is 1.68. The number of benzene rings is 2. The lowest BCUT2D eigenvalue weighted by Gasteiger charge is -2.24. The number of ether oxygens (including phenoxy) is 1. The Morgan fingerprint density at radius 3 is 2.39 bits per heavy atom. The average Bonchev–Trinajstić information content (AvgIpc) is 3.41. The molecule has 5 nitrogen and oxygen atoms in total. The summed E-state index contributed by atoms with van der Waals surface area (Å²) in [6.07, 6.45) is 4.74. The summed E-state index contributed by atoms with van der Waals surface area (Å²) >= 11 is 0. The van der Waals surface area contributed by atoms with E-state index in [4.69, 9.17) is 4.74 Å². The van der Waals surface area contributed by atoms with Gasteiger partial charge in [-0.15, -0.1) is 0 Å². The molecule has 2 heterocycles. The van der Waals surface area contributed by atoms with Crippen molar-refractivity contribution in [1.82, 2.24) is 4.90 Å². The molecule has 2 aromatic rings. The van der Waals surface area contributed by atoms with Crippen LogP contribution in [0.25, 0.3) is 0 Å². The minimum absolute atomic E-state index is 0.0503. The lowest BCUT2D eigenvalue weighted by Crippen LogP contribution is -2.32. The van der Waals surface area contributed by atoms with Gasteiger partial charge in [-0.3, -0.25) is 9.69 Å². The third-order valence-electron chi connectivity index (χ3n) is 5.83. The van der Waals surface area contributed by atoms with E-state index >= 15 is 0 Å². The molecule has 2 saturated heterocycles. The van der Waals surface area contributed by atoms with Crippen LogP contribution in [0, 0.1) is 0 Å². The Balaban J connectivity index is 1.34. The molecule has 0 saturated carbocycles. The number of rotatable bonds is 6. The van der Waals surface area contributed by atoms with Gasteiger partial charge in [0.2, 0.25) is 5.91 Å². The highest BCUT2D eigenvalue weighted by molar-refractivity contribution is 5.92. The first-order valence-electron chi connectivity index (χ1n) is 10.3. The Hall–Kier alpha value is -2.53. The number of likely N-dealkylation sites (tertiary alicyclic amines) is 1. The lowest BCUT2D eigenvalue weighted by molar-refractivity contribution is -0.117. The number of anilines is 2. The maximum Gasteiger partial charge on any atom is 0.238 e.